The minimum Gasteiger partial charge on any atom is -0.445 e. The summed E-state index contributed by atoms with van der Waals surface area (Å²) in [4.78, 5) is 86.8. The number of carbonyl (C=O) groups excluding carboxylic acids is 6. The van der Waals surface area contributed by atoms with E-state index in [-0.39, 0.29) is 102 Å². The van der Waals surface area contributed by atoms with Crippen LogP contribution in [0.15, 0.2) is 228 Å². The van der Waals surface area contributed by atoms with Crippen molar-refractivity contribution in [1.29, 1.82) is 0 Å². The SMILES string of the molecule is O=C(NC(Cc1ccc(OS(=O)(=O)c2ccc(NC(=S)Nc3ccc(S(=O)(=O)Oc4ccc(CC(NC(=O)OCc5ccccc5)C(=O)N5CCN(C(=O)c6ccccc6)CC5)cc4)cc3)cc2)cc1)C(=O)N1CCN(C(=O)c2ccccc2)CC1)OCc1ccccc1. The van der Waals surface area contributed by atoms with E-state index in [1.54, 1.807) is 117 Å². The van der Waals surface area contributed by atoms with Gasteiger partial charge in [-0.05, 0) is 132 Å². The summed E-state index contributed by atoms with van der Waals surface area (Å²) in [5.41, 5.74) is 4.58. The number of rotatable bonds is 22. The van der Waals surface area contributed by atoms with Crippen molar-refractivity contribution >= 4 is 84.8 Å². The Morgan fingerprint density at radius 3 is 1.02 bits per heavy atom. The molecule has 0 spiro atoms. The molecule has 8 aromatic carbocycles. The van der Waals surface area contributed by atoms with Gasteiger partial charge in [-0.15, -0.1) is 0 Å². The minimum atomic E-state index is -4.35. The van der Waals surface area contributed by atoms with E-state index in [4.69, 9.17) is 30.1 Å². The van der Waals surface area contributed by atoms with E-state index in [1.165, 1.54) is 72.8 Å². The van der Waals surface area contributed by atoms with Crippen molar-refractivity contribution in [2.45, 2.75) is 47.9 Å². The van der Waals surface area contributed by atoms with E-state index in [0.717, 1.165) is 11.1 Å². The first kappa shape index (κ1) is 66.3. The molecule has 0 aromatic heterocycles. The normalized spacial score (nSPS) is 13.9. The lowest BCUT2D eigenvalue weighted by atomic mass is 10.0. The molecule has 2 aliphatic rings. The smallest absolute Gasteiger partial charge is 0.408 e. The summed E-state index contributed by atoms with van der Waals surface area (Å²) in [7, 11) is -8.70. The van der Waals surface area contributed by atoms with E-state index in [1.807, 2.05) is 48.5 Å². The Bertz CT molecular complexity index is 3900. The molecule has 25 heteroatoms. The fourth-order valence-corrected chi connectivity index (χ4v) is 12.4. The highest BCUT2D eigenvalue weighted by molar-refractivity contribution is 7.87. The van der Waals surface area contributed by atoms with Crippen LogP contribution in [0.1, 0.15) is 43.0 Å². The molecule has 94 heavy (non-hydrogen) atoms. The van der Waals surface area contributed by atoms with E-state index in [0.29, 0.717) is 59.8 Å². The van der Waals surface area contributed by atoms with Crippen LogP contribution in [0.4, 0.5) is 21.0 Å². The molecule has 2 atom stereocenters. The van der Waals surface area contributed by atoms with Crippen molar-refractivity contribution < 1.29 is 63.4 Å². The summed E-state index contributed by atoms with van der Waals surface area (Å²) in [5, 5.41) is 11.4. The molecule has 2 fully saturated rings. The monoisotopic (exact) mass is 1330 g/mol. The number of nitrogens with zero attached hydrogens (tertiary/aromatic N) is 4. The zero-order valence-electron chi connectivity index (χ0n) is 50.7. The van der Waals surface area contributed by atoms with Gasteiger partial charge in [-0.3, -0.25) is 19.2 Å². The summed E-state index contributed by atoms with van der Waals surface area (Å²) in [6.45, 7) is 2.08. The predicted octanol–water partition coefficient (Wildman–Crippen LogP) is 8.68. The van der Waals surface area contributed by atoms with Gasteiger partial charge in [0.25, 0.3) is 11.8 Å². The number of hydrogen-bond acceptors (Lipinski definition) is 15. The second-order valence-corrected chi connectivity index (χ2v) is 25.4. The molecular formula is C69H66N8O14S3. The molecule has 2 saturated heterocycles. The van der Waals surface area contributed by atoms with Gasteiger partial charge in [-0.25, -0.2) is 9.59 Å². The van der Waals surface area contributed by atoms with Gasteiger partial charge in [0, 0.05) is 87.7 Å². The summed E-state index contributed by atoms with van der Waals surface area (Å²) in [6, 6.07) is 57.0. The molecular weight excluding hydrogens is 1260 g/mol. The summed E-state index contributed by atoms with van der Waals surface area (Å²) < 4.78 is 75.8. The maximum absolute atomic E-state index is 14.1. The van der Waals surface area contributed by atoms with Gasteiger partial charge < -0.3 is 58.7 Å². The predicted molar refractivity (Wildman–Crippen MR) is 354 cm³/mol. The Kier molecular flexibility index (Phi) is 22.0. The molecule has 2 aliphatic heterocycles. The average Bonchev–Trinajstić information content (AvgIpc) is 1.05. The Labute approximate surface area is 549 Å². The molecule has 2 unspecified atom stereocenters. The van der Waals surface area contributed by atoms with Gasteiger partial charge in [0.05, 0.1) is 0 Å². The zero-order valence-corrected chi connectivity index (χ0v) is 53.1. The third kappa shape index (κ3) is 18.3. The van der Waals surface area contributed by atoms with E-state index >= 15 is 0 Å². The number of thiocarbonyl (C=S) groups is 1. The number of alkyl carbamates (subject to hydrolysis) is 2. The maximum Gasteiger partial charge on any atom is 0.408 e. The summed E-state index contributed by atoms with van der Waals surface area (Å²) in [5.74, 6) is -1.07. The van der Waals surface area contributed by atoms with Crippen molar-refractivity contribution in [3.8, 4) is 11.5 Å². The van der Waals surface area contributed by atoms with Crippen molar-refractivity contribution in [3.05, 3.63) is 252 Å². The third-order valence-electron chi connectivity index (χ3n) is 15.3. The highest BCUT2D eigenvalue weighted by Crippen LogP contribution is 2.25. The first-order chi connectivity index (χ1) is 45.4. The average molecular weight is 1330 g/mol. The molecule has 0 bridgehead atoms. The van der Waals surface area contributed by atoms with Crippen molar-refractivity contribution in [1.82, 2.24) is 30.2 Å². The Morgan fingerprint density at radius 2 is 0.691 bits per heavy atom. The third-order valence-corrected chi connectivity index (χ3v) is 18.1. The van der Waals surface area contributed by atoms with Gasteiger partial charge in [0.2, 0.25) is 11.8 Å². The first-order valence-corrected chi connectivity index (χ1v) is 33.2. The number of nitrogens with one attached hydrogen (secondary N) is 4. The first-order valence-electron chi connectivity index (χ1n) is 30.0. The molecule has 484 valence electrons. The number of carbonyl (C=O) groups is 6. The summed E-state index contributed by atoms with van der Waals surface area (Å²) >= 11 is 5.50. The Morgan fingerprint density at radius 1 is 0.383 bits per heavy atom. The van der Waals surface area contributed by atoms with Crippen molar-refractivity contribution in [2.24, 2.45) is 0 Å². The number of anilines is 2. The molecule has 10 rings (SSSR count). The number of piperazine rings is 2. The van der Waals surface area contributed by atoms with Crippen LogP contribution >= 0.6 is 12.2 Å². The summed E-state index contributed by atoms with van der Waals surface area (Å²) in [6.07, 6.45) is -1.56. The number of ether oxygens (including phenoxy) is 2. The van der Waals surface area contributed by atoms with E-state index in [9.17, 15) is 45.6 Å². The Balaban J connectivity index is 0.697. The van der Waals surface area contributed by atoms with Gasteiger partial charge in [-0.1, -0.05) is 121 Å². The largest absolute Gasteiger partial charge is 0.445 e. The lowest BCUT2D eigenvalue weighted by molar-refractivity contribution is -0.135. The topological polar surface area (TPSA) is 269 Å². The van der Waals surface area contributed by atoms with E-state index in [2.05, 4.69) is 21.3 Å². The van der Waals surface area contributed by atoms with Crippen LogP contribution in [0.2, 0.25) is 0 Å². The lowest BCUT2D eigenvalue weighted by Crippen LogP contribution is -2.56. The second kappa shape index (κ2) is 31.1. The fraction of sp³-hybridized carbons (Fsp3) is 0.203. The van der Waals surface area contributed by atoms with Crippen LogP contribution in [0.5, 0.6) is 11.5 Å². The number of benzene rings is 8. The highest BCUT2D eigenvalue weighted by Gasteiger charge is 2.33. The Hall–Kier alpha value is -10.6. The van der Waals surface area contributed by atoms with Crippen LogP contribution in [0.25, 0.3) is 0 Å². The van der Waals surface area contributed by atoms with E-state index < -0.39 is 44.5 Å². The maximum atomic E-state index is 14.1. The van der Waals surface area contributed by atoms with Crippen LogP contribution in [0, 0.1) is 0 Å². The van der Waals surface area contributed by atoms with Crippen molar-refractivity contribution in [2.75, 3.05) is 63.0 Å². The minimum absolute atomic E-state index is 0.0126. The van der Waals surface area contributed by atoms with Gasteiger partial charge in [0.15, 0.2) is 5.11 Å². The van der Waals surface area contributed by atoms with Gasteiger partial charge in [-0.2, -0.15) is 16.8 Å². The van der Waals surface area contributed by atoms with Crippen LogP contribution in [0.3, 0.4) is 0 Å². The molecule has 6 amide bonds. The lowest BCUT2D eigenvalue weighted by Gasteiger charge is -2.36. The molecule has 4 N–H and O–H groups in total. The number of amides is 6. The quantitative estimate of drug-likeness (QED) is 0.0365. The number of hydrogen-bond donors (Lipinski definition) is 4. The zero-order chi connectivity index (χ0) is 66.0. The standard InChI is InChI=1S/C69H66N8O14S3/c78-63(53-17-9-3-10-18-53)74-37-41-76(42-38-74)65(80)61(72-68(82)88-47-51-13-5-1-6-14-51)45-49-21-29-57(30-22-49)90-93(84,85)59-33-25-55(26-34-59)70-67(92)71-56-27-35-60(36-28-56)94(86,87)91-58-31-23-50(24-32-58)46-62(73-69(83)89-48-52-15-7-2-8-16-52)66(81)77-43-39-75(40-44-77)64(79)54-19-11-4-12-20-54/h1-36,61-62H,37-48H2,(H,72,82)(H,73,83)(H2,70,71,92). The molecule has 8 aromatic rings. The fourth-order valence-electron chi connectivity index (χ4n) is 10.3. The van der Waals surface area contributed by atoms with Crippen LogP contribution in [-0.4, -0.2) is 142 Å². The molecule has 0 aliphatic carbocycles. The van der Waals surface area contributed by atoms with Crippen LogP contribution < -0.4 is 29.6 Å². The molecule has 0 radical (unpaired) electrons. The molecule has 0 saturated carbocycles. The molecule has 22 nitrogen and oxygen atoms in total. The van der Waals surface area contributed by atoms with Gasteiger partial charge >= 0.3 is 32.4 Å². The highest BCUT2D eigenvalue weighted by atomic mass is 32.2. The second-order valence-electron chi connectivity index (χ2n) is 21.9. The van der Waals surface area contributed by atoms with Crippen molar-refractivity contribution in [3.63, 3.8) is 0 Å². The van der Waals surface area contributed by atoms with Gasteiger partial charge in [0.1, 0.15) is 46.6 Å². The molecule has 2 heterocycles. The van der Waals surface area contributed by atoms with Crippen LogP contribution in [-0.2, 0) is 65.4 Å².